The van der Waals surface area contributed by atoms with E-state index in [0.29, 0.717) is 22.8 Å². The average Bonchev–Trinajstić information content (AvgIpc) is 3.13. The van der Waals surface area contributed by atoms with Crippen LogP contribution in [0.5, 0.6) is 0 Å². The molecule has 0 unspecified atom stereocenters. The average molecular weight is 454 g/mol. The van der Waals surface area contributed by atoms with Gasteiger partial charge in [-0.2, -0.15) is 5.26 Å². The second-order valence-corrected chi connectivity index (χ2v) is 9.06. The van der Waals surface area contributed by atoms with Crippen molar-refractivity contribution in [2.45, 2.75) is 25.5 Å². The molecule has 6 heteroatoms. The minimum atomic E-state index is -0.527. The lowest BCUT2D eigenvalue weighted by Gasteiger charge is -2.18. The maximum atomic E-state index is 13.4. The van der Waals surface area contributed by atoms with Crippen molar-refractivity contribution in [2.75, 3.05) is 10.2 Å². The van der Waals surface area contributed by atoms with Crippen molar-refractivity contribution >= 4 is 35.0 Å². The summed E-state index contributed by atoms with van der Waals surface area (Å²) in [6.45, 7) is 3.88. The zero-order valence-corrected chi connectivity index (χ0v) is 19.2. The van der Waals surface area contributed by atoms with Crippen molar-refractivity contribution in [2.24, 2.45) is 0 Å². The van der Waals surface area contributed by atoms with Gasteiger partial charge >= 0.3 is 0 Å². The van der Waals surface area contributed by atoms with Crippen LogP contribution in [0, 0.1) is 25.2 Å². The first kappa shape index (κ1) is 22.4. The van der Waals surface area contributed by atoms with Crippen LogP contribution in [-0.2, 0) is 16.0 Å². The molecule has 164 valence electrons. The summed E-state index contributed by atoms with van der Waals surface area (Å²) in [6.07, 6.45) is 0.509. The van der Waals surface area contributed by atoms with Gasteiger partial charge in [0, 0.05) is 11.4 Å². The van der Waals surface area contributed by atoms with Crippen LogP contribution in [0.15, 0.2) is 89.5 Å². The van der Waals surface area contributed by atoms with E-state index >= 15 is 0 Å². The zero-order valence-electron chi connectivity index (χ0n) is 18.4. The Labute approximate surface area is 197 Å². The second kappa shape index (κ2) is 9.76. The Morgan fingerprint density at radius 2 is 1.70 bits per heavy atom. The molecule has 0 saturated carbocycles. The predicted molar refractivity (Wildman–Crippen MR) is 133 cm³/mol. The molecule has 3 aromatic carbocycles. The van der Waals surface area contributed by atoms with E-state index in [4.69, 9.17) is 0 Å². The molecule has 1 aliphatic rings. The molecule has 2 amide bonds. The van der Waals surface area contributed by atoms with E-state index in [0.717, 1.165) is 16.7 Å². The van der Waals surface area contributed by atoms with Gasteiger partial charge in [-0.3, -0.25) is 14.5 Å². The van der Waals surface area contributed by atoms with E-state index in [1.54, 1.807) is 12.1 Å². The Kier molecular flexibility index (Phi) is 6.62. The third-order valence-corrected chi connectivity index (χ3v) is 6.68. The lowest BCUT2D eigenvalue weighted by atomic mass is 10.1. The molecule has 0 spiro atoms. The summed E-state index contributed by atoms with van der Waals surface area (Å²) in [6, 6.07) is 26.6. The number of carbonyl (C=O) groups excluding carboxylic acids is 2. The number of thioether (sulfide) groups is 1. The number of nitrogens with zero attached hydrogens (tertiary/aromatic N) is 2. The summed E-state index contributed by atoms with van der Waals surface area (Å²) in [4.78, 5) is 28.1. The molecule has 4 rings (SSSR count). The van der Waals surface area contributed by atoms with Gasteiger partial charge in [-0.05, 0) is 49.6 Å². The number of aryl methyl sites for hydroxylation is 2. The minimum Gasteiger partial charge on any atom is -0.321 e. The van der Waals surface area contributed by atoms with Gasteiger partial charge in [0.2, 0.25) is 5.91 Å². The number of anilines is 2. The van der Waals surface area contributed by atoms with Crippen molar-refractivity contribution in [1.29, 1.82) is 5.26 Å². The second-order valence-electron chi connectivity index (χ2n) is 7.87. The summed E-state index contributed by atoms with van der Waals surface area (Å²) in [5, 5.41) is 12.7. The Hall–Kier alpha value is -3.82. The third-order valence-electron chi connectivity index (χ3n) is 5.41. The van der Waals surface area contributed by atoms with Crippen LogP contribution in [0.4, 0.5) is 11.4 Å². The predicted octanol–water partition coefficient (Wildman–Crippen LogP) is 5.37. The van der Waals surface area contributed by atoms with Crippen LogP contribution < -0.4 is 10.2 Å². The highest BCUT2D eigenvalue weighted by atomic mass is 32.2. The van der Waals surface area contributed by atoms with Crippen LogP contribution in [0.1, 0.15) is 16.7 Å². The first-order valence-electron chi connectivity index (χ1n) is 10.6. The number of nitrogens with one attached hydrogen (secondary N) is 1. The fraction of sp³-hybridized carbons (Fsp3) is 0.148. The summed E-state index contributed by atoms with van der Waals surface area (Å²) >= 11 is 1.27. The van der Waals surface area contributed by atoms with Gasteiger partial charge in [0.05, 0.1) is 5.25 Å². The van der Waals surface area contributed by atoms with Gasteiger partial charge in [0.25, 0.3) is 5.91 Å². The summed E-state index contributed by atoms with van der Waals surface area (Å²) < 4.78 is 0. The first-order chi connectivity index (χ1) is 16.0. The number of hydrogen-bond acceptors (Lipinski definition) is 4. The number of nitriles is 1. The van der Waals surface area contributed by atoms with E-state index in [1.807, 2.05) is 80.6 Å². The van der Waals surface area contributed by atoms with E-state index in [-0.39, 0.29) is 11.5 Å². The topological polar surface area (TPSA) is 73.2 Å². The maximum Gasteiger partial charge on any atom is 0.269 e. The quantitative estimate of drug-likeness (QED) is 0.416. The molecule has 0 aliphatic carbocycles. The number of carbonyl (C=O) groups is 2. The van der Waals surface area contributed by atoms with Crippen molar-refractivity contribution in [3.05, 3.63) is 106 Å². The number of amides is 2. The number of para-hydroxylation sites is 1. The van der Waals surface area contributed by atoms with Gasteiger partial charge in [-0.15, -0.1) is 0 Å². The summed E-state index contributed by atoms with van der Waals surface area (Å²) in [5.74, 6) is -0.668. The van der Waals surface area contributed by atoms with Crippen LogP contribution >= 0.6 is 11.8 Å². The fourth-order valence-electron chi connectivity index (χ4n) is 3.77. The molecular weight excluding hydrogens is 430 g/mol. The third kappa shape index (κ3) is 4.84. The summed E-state index contributed by atoms with van der Waals surface area (Å²) in [7, 11) is 0. The Balaban J connectivity index is 1.72. The largest absolute Gasteiger partial charge is 0.321 e. The molecule has 0 aromatic heterocycles. The lowest BCUT2D eigenvalue weighted by Crippen LogP contribution is -2.30. The van der Waals surface area contributed by atoms with Crippen LogP contribution in [0.3, 0.4) is 0 Å². The highest BCUT2D eigenvalue weighted by Gasteiger charge is 2.40. The van der Waals surface area contributed by atoms with E-state index in [1.165, 1.54) is 16.7 Å². The number of benzene rings is 3. The molecule has 1 aliphatic heterocycles. The summed E-state index contributed by atoms with van der Waals surface area (Å²) in [5.41, 5.74) is 4.21. The van der Waals surface area contributed by atoms with Gasteiger partial charge < -0.3 is 5.32 Å². The molecule has 1 saturated heterocycles. The van der Waals surface area contributed by atoms with Gasteiger partial charge in [0.1, 0.15) is 16.7 Å². The van der Waals surface area contributed by atoms with Gasteiger partial charge in [-0.1, -0.05) is 78.0 Å². The van der Waals surface area contributed by atoms with E-state index in [9.17, 15) is 14.9 Å². The van der Waals surface area contributed by atoms with Crippen molar-refractivity contribution in [3.8, 4) is 6.07 Å². The molecule has 5 nitrogen and oxygen atoms in total. The maximum absolute atomic E-state index is 13.4. The standard InChI is InChI=1S/C27H23N3O2S/c1-18-13-14-23(19(2)15-18)29-25(31)22(17-28)27-30(21-11-7-4-8-12-21)26(32)24(33-27)16-20-9-5-3-6-10-20/h3-15,24H,16H2,1-2H3,(H,29,31)/b27-22+/t24-/m1/s1. The lowest BCUT2D eigenvalue weighted by molar-refractivity contribution is -0.117. The van der Waals surface area contributed by atoms with E-state index in [2.05, 4.69) is 11.4 Å². The normalized spacial score (nSPS) is 16.9. The van der Waals surface area contributed by atoms with Crippen LogP contribution in [0.25, 0.3) is 0 Å². The Morgan fingerprint density at radius 1 is 1.03 bits per heavy atom. The SMILES string of the molecule is Cc1ccc(NC(=O)/C(C#N)=C2/S[C@H](Cc3ccccc3)C(=O)N2c2ccccc2)c(C)c1. The molecule has 1 atom stereocenters. The van der Waals surface area contributed by atoms with Gasteiger partial charge in [-0.25, -0.2) is 0 Å². The van der Waals surface area contributed by atoms with Gasteiger partial charge in [0.15, 0.2) is 0 Å². The number of rotatable bonds is 5. The first-order valence-corrected chi connectivity index (χ1v) is 11.5. The zero-order chi connectivity index (χ0) is 23.4. The van der Waals surface area contributed by atoms with Crippen LogP contribution in [-0.4, -0.2) is 17.1 Å². The monoisotopic (exact) mass is 453 g/mol. The highest BCUT2D eigenvalue weighted by Crippen LogP contribution is 2.42. The molecular formula is C27H23N3O2S. The highest BCUT2D eigenvalue weighted by molar-refractivity contribution is 8.05. The smallest absolute Gasteiger partial charge is 0.269 e. The number of hydrogen-bond donors (Lipinski definition) is 1. The molecule has 0 radical (unpaired) electrons. The Bertz CT molecular complexity index is 1260. The van der Waals surface area contributed by atoms with Crippen molar-refractivity contribution in [3.63, 3.8) is 0 Å². The molecule has 1 fully saturated rings. The minimum absolute atomic E-state index is 0.0762. The molecule has 0 bridgehead atoms. The van der Waals surface area contributed by atoms with Crippen LogP contribution in [0.2, 0.25) is 0 Å². The van der Waals surface area contributed by atoms with Crippen molar-refractivity contribution in [1.82, 2.24) is 0 Å². The molecule has 33 heavy (non-hydrogen) atoms. The molecule has 1 heterocycles. The van der Waals surface area contributed by atoms with E-state index < -0.39 is 11.2 Å². The fourth-order valence-corrected chi connectivity index (χ4v) is 5.07. The van der Waals surface area contributed by atoms with Crippen molar-refractivity contribution < 1.29 is 9.59 Å². The molecule has 3 aromatic rings. The Morgan fingerprint density at radius 3 is 2.33 bits per heavy atom. The molecule has 1 N–H and O–H groups in total.